The van der Waals surface area contributed by atoms with E-state index in [4.69, 9.17) is 0 Å². The number of carbonyl (C=O) groups excluding carboxylic acids is 3. The van der Waals surface area contributed by atoms with E-state index < -0.39 is 5.91 Å². The van der Waals surface area contributed by atoms with Gasteiger partial charge in [-0.2, -0.15) is 0 Å². The van der Waals surface area contributed by atoms with Crippen LogP contribution in [0.25, 0.3) is 0 Å². The highest BCUT2D eigenvalue weighted by Gasteiger charge is 2.29. The first-order valence-corrected chi connectivity index (χ1v) is 11.5. The molecule has 170 valence electrons. The van der Waals surface area contributed by atoms with Crippen LogP contribution in [0.1, 0.15) is 43.6 Å². The number of anilines is 1. The molecule has 3 amide bonds. The molecule has 9 nitrogen and oxygen atoms in total. The third kappa shape index (κ3) is 5.78. The molecule has 3 heterocycles. The van der Waals surface area contributed by atoms with Crippen LogP contribution >= 0.6 is 11.3 Å². The van der Waals surface area contributed by atoms with Gasteiger partial charge in [-0.3, -0.25) is 19.4 Å². The zero-order valence-electron chi connectivity index (χ0n) is 18.2. The van der Waals surface area contributed by atoms with Crippen LogP contribution in [-0.4, -0.2) is 50.9 Å². The molecule has 1 fully saturated rings. The van der Waals surface area contributed by atoms with E-state index in [1.807, 2.05) is 31.2 Å². The maximum absolute atomic E-state index is 12.8. The number of amides is 3. The Balaban J connectivity index is 1.27. The second-order valence-corrected chi connectivity index (χ2v) is 8.86. The van der Waals surface area contributed by atoms with E-state index in [1.165, 1.54) is 0 Å². The SMILES string of the molecule is Cc1ccc(NC(=O)c2nnc(C(=O)N3CCC(C(=O)NCc4cccnc4)CC3)s2)cc1. The maximum atomic E-state index is 12.8. The number of benzene rings is 1. The van der Waals surface area contributed by atoms with Crippen molar-refractivity contribution in [2.75, 3.05) is 18.4 Å². The Morgan fingerprint density at radius 1 is 1.06 bits per heavy atom. The zero-order valence-corrected chi connectivity index (χ0v) is 19.0. The summed E-state index contributed by atoms with van der Waals surface area (Å²) in [6, 6.07) is 11.1. The zero-order chi connectivity index (χ0) is 23.2. The summed E-state index contributed by atoms with van der Waals surface area (Å²) in [7, 11) is 0. The van der Waals surface area contributed by atoms with E-state index in [0.717, 1.165) is 22.5 Å². The molecule has 0 bridgehead atoms. The normalized spacial score (nSPS) is 14.0. The minimum absolute atomic E-state index is 0.0167. The van der Waals surface area contributed by atoms with Crippen molar-refractivity contribution in [3.63, 3.8) is 0 Å². The Kier molecular flexibility index (Phi) is 7.04. The van der Waals surface area contributed by atoms with Gasteiger partial charge in [0.25, 0.3) is 11.8 Å². The van der Waals surface area contributed by atoms with Gasteiger partial charge in [-0.25, -0.2) is 0 Å². The standard InChI is InChI=1S/C23H24N6O3S/c1-15-4-6-18(7-5-15)26-20(31)21-27-28-22(33-21)23(32)29-11-8-17(9-12-29)19(30)25-14-16-3-2-10-24-13-16/h2-7,10,13,17H,8-9,11-12,14H2,1H3,(H,25,30)(H,26,31). The molecule has 1 saturated heterocycles. The monoisotopic (exact) mass is 464 g/mol. The smallest absolute Gasteiger partial charge is 0.286 e. The molecule has 0 radical (unpaired) electrons. The van der Waals surface area contributed by atoms with Crippen molar-refractivity contribution in [3.05, 3.63) is 69.9 Å². The Labute approximate surface area is 195 Å². The molecule has 1 aromatic carbocycles. The summed E-state index contributed by atoms with van der Waals surface area (Å²) in [6.45, 7) is 3.30. The van der Waals surface area contributed by atoms with Gasteiger partial charge in [0.15, 0.2) is 0 Å². The summed E-state index contributed by atoms with van der Waals surface area (Å²) in [5, 5.41) is 13.8. The molecule has 2 aromatic heterocycles. The molecule has 1 aliphatic heterocycles. The van der Waals surface area contributed by atoms with Gasteiger partial charge in [-0.15, -0.1) is 10.2 Å². The molecule has 0 saturated carbocycles. The maximum Gasteiger partial charge on any atom is 0.286 e. The second kappa shape index (κ2) is 10.3. The van der Waals surface area contributed by atoms with Crippen molar-refractivity contribution in [2.24, 2.45) is 5.92 Å². The van der Waals surface area contributed by atoms with Gasteiger partial charge in [0.05, 0.1) is 0 Å². The molecule has 0 aliphatic carbocycles. The van der Waals surface area contributed by atoms with Crippen molar-refractivity contribution < 1.29 is 14.4 Å². The number of pyridine rings is 1. The summed E-state index contributed by atoms with van der Waals surface area (Å²) in [4.78, 5) is 43.4. The molecule has 0 spiro atoms. The van der Waals surface area contributed by atoms with E-state index in [1.54, 1.807) is 29.4 Å². The Hall–Kier alpha value is -3.66. The van der Waals surface area contributed by atoms with Crippen molar-refractivity contribution in [1.82, 2.24) is 25.4 Å². The van der Waals surface area contributed by atoms with Crippen LogP contribution in [0.4, 0.5) is 5.69 Å². The fourth-order valence-corrected chi connectivity index (χ4v) is 4.25. The minimum atomic E-state index is -0.403. The van der Waals surface area contributed by atoms with Crippen molar-refractivity contribution in [2.45, 2.75) is 26.3 Å². The number of nitrogens with zero attached hydrogens (tertiary/aromatic N) is 4. The van der Waals surface area contributed by atoms with Gasteiger partial charge in [0.2, 0.25) is 15.9 Å². The van der Waals surface area contributed by atoms with E-state index in [0.29, 0.717) is 38.2 Å². The van der Waals surface area contributed by atoms with Gasteiger partial charge in [0, 0.05) is 43.6 Å². The number of rotatable bonds is 6. The number of aryl methyl sites for hydroxylation is 1. The molecular formula is C23H24N6O3S. The molecule has 3 aromatic rings. The van der Waals surface area contributed by atoms with Crippen molar-refractivity contribution in [1.29, 1.82) is 0 Å². The number of aromatic nitrogens is 3. The number of nitrogens with one attached hydrogen (secondary N) is 2. The van der Waals surface area contributed by atoms with E-state index in [9.17, 15) is 14.4 Å². The van der Waals surface area contributed by atoms with Gasteiger partial charge in [-0.1, -0.05) is 35.1 Å². The largest absolute Gasteiger partial charge is 0.352 e. The minimum Gasteiger partial charge on any atom is -0.352 e. The Morgan fingerprint density at radius 2 is 1.79 bits per heavy atom. The van der Waals surface area contributed by atoms with Crippen LogP contribution in [0, 0.1) is 12.8 Å². The first-order chi connectivity index (χ1) is 16.0. The van der Waals surface area contributed by atoms with Gasteiger partial charge >= 0.3 is 0 Å². The number of hydrogen-bond donors (Lipinski definition) is 2. The fourth-order valence-electron chi connectivity index (χ4n) is 3.54. The number of likely N-dealkylation sites (tertiary alicyclic amines) is 1. The molecule has 4 rings (SSSR count). The van der Waals surface area contributed by atoms with Crippen LogP contribution in [0.2, 0.25) is 0 Å². The molecule has 33 heavy (non-hydrogen) atoms. The number of hydrogen-bond acceptors (Lipinski definition) is 7. The summed E-state index contributed by atoms with van der Waals surface area (Å²) in [5.41, 5.74) is 2.68. The molecular weight excluding hydrogens is 440 g/mol. The molecule has 2 N–H and O–H groups in total. The lowest BCUT2D eigenvalue weighted by molar-refractivity contribution is -0.126. The first-order valence-electron chi connectivity index (χ1n) is 10.7. The number of piperidine rings is 1. The molecule has 0 atom stereocenters. The predicted molar refractivity (Wildman–Crippen MR) is 124 cm³/mol. The summed E-state index contributed by atoms with van der Waals surface area (Å²) >= 11 is 0.967. The molecule has 10 heteroatoms. The summed E-state index contributed by atoms with van der Waals surface area (Å²) < 4.78 is 0. The molecule has 0 unspecified atom stereocenters. The topological polar surface area (TPSA) is 117 Å². The highest BCUT2D eigenvalue weighted by Crippen LogP contribution is 2.21. The van der Waals surface area contributed by atoms with Crippen LogP contribution in [0.15, 0.2) is 48.8 Å². The van der Waals surface area contributed by atoms with Crippen molar-refractivity contribution >= 4 is 34.7 Å². The number of carbonyl (C=O) groups is 3. The van der Waals surface area contributed by atoms with E-state index >= 15 is 0 Å². The Morgan fingerprint density at radius 3 is 2.48 bits per heavy atom. The Bertz CT molecular complexity index is 1120. The summed E-state index contributed by atoms with van der Waals surface area (Å²) in [6.07, 6.45) is 4.56. The van der Waals surface area contributed by atoms with Crippen LogP contribution in [0.3, 0.4) is 0 Å². The van der Waals surface area contributed by atoms with Crippen LogP contribution in [-0.2, 0) is 11.3 Å². The van der Waals surface area contributed by atoms with Crippen molar-refractivity contribution in [3.8, 4) is 0 Å². The van der Waals surface area contributed by atoms with Gasteiger partial charge in [0.1, 0.15) is 0 Å². The first kappa shape index (κ1) is 22.5. The predicted octanol–water partition coefficient (Wildman–Crippen LogP) is 2.66. The lowest BCUT2D eigenvalue weighted by Crippen LogP contribution is -2.42. The van der Waals surface area contributed by atoms with E-state index in [-0.39, 0.29) is 27.7 Å². The fraction of sp³-hybridized carbons (Fsp3) is 0.304. The average molecular weight is 465 g/mol. The quantitative estimate of drug-likeness (QED) is 0.579. The summed E-state index contributed by atoms with van der Waals surface area (Å²) in [5.74, 6) is -0.830. The van der Waals surface area contributed by atoms with Gasteiger partial charge < -0.3 is 15.5 Å². The third-order valence-corrected chi connectivity index (χ3v) is 6.36. The van der Waals surface area contributed by atoms with E-state index in [2.05, 4.69) is 25.8 Å². The average Bonchev–Trinajstić information content (AvgIpc) is 3.35. The van der Waals surface area contributed by atoms with Gasteiger partial charge in [-0.05, 0) is 43.5 Å². The lowest BCUT2D eigenvalue weighted by atomic mass is 9.96. The molecule has 1 aliphatic rings. The van der Waals surface area contributed by atoms with Crippen LogP contribution in [0.5, 0.6) is 0 Å². The van der Waals surface area contributed by atoms with Crippen LogP contribution < -0.4 is 10.6 Å². The highest BCUT2D eigenvalue weighted by molar-refractivity contribution is 7.15. The highest BCUT2D eigenvalue weighted by atomic mass is 32.1. The lowest BCUT2D eigenvalue weighted by Gasteiger charge is -2.30. The third-order valence-electron chi connectivity index (χ3n) is 5.45. The second-order valence-electron chi connectivity index (χ2n) is 7.88.